The van der Waals surface area contributed by atoms with Gasteiger partial charge in [0.1, 0.15) is 11.5 Å². The summed E-state index contributed by atoms with van der Waals surface area (Å²) in [4.78, 5) is 30.4. The molecule has 3 aromatic heterocycles. The number of nitrogen functional groups attached to an aromatic ring is 1. The van der Waals surface area contributed by atoms with Crippen molar-refractivity contribution in [2.45, 2.75) is 19.8 Å². The second kappa shape index (κ2) is 9.49. The van der Waals surface area contributed by atoms with Gasteiger partial charge in [0.2, 0.25) is 0 Å². The SMILES string of the molecule is CNCCc1ccc(-c2cnc(N)c(C(=O)Cc3cnccc3-n3ccnc3C)n2)cc1. The van der Waals surface area contributed by atoms with Gasteiger partial charge in [-0.1, -0.05) is 24.3 Å². The molecule has 0 aliphatic carbocycles. The minimum Gasteiger partial charge on any atom is -0.382 e. The number of Topliss-reactive ketones (excluding diaryl/α,β-unsaturated/α-hetero) is 1. The normalized spacial score (nSPS) is 10.9. The smallest absolute Gasteiger partial charge is 0.189 e. The summed E-state index contributed by atoms with van der Waals surface area (Å²) < 4.78 is 1.92. The molecule has 32 heavy (non-hydrogen) atoms. The summed E-state index contributed by atoms with van der Waals surface area (Å²) in [7, 11) is 1.93. The van der Waals surface area contributed by atoms with Crippen molar-refractivity contribution < 1.29 is 4.79 Å². The molecule has 8 nitrogen and oxygen atoms in total. The molecular formula is C24H25N7O. The number of ketones is 1. The van der Waals surface area contributed by atoms with E-state index in [2.05, 4.69) is 37.4 Å². The Morgan fingerprint density at radius 3 is 2.62 bits per heavy atom. The summed E-state index contributed by atoms with van der Waals surface area (Å²) in [5.74, 6) is 0.729. The molecule has 0 spiro atoms. The van der Waals surface area contributed by atoms with E-state index in [4.69, 9.17) is 5.73 Å². The Labute approximate surface area is 186 Å². The third kappa shape index (κ3) is 4.55. The number of aromatic nitrogens is 5. The molecule has 0 unspecified atom stereocenters. The molecule has 8 heteroatoms. The van der Waals surface area contributed by atoms with Gasteiger partial charge in [0.15, 0.2) is 11.6 Å². The molecule has 0 amide bonds. The predicted octanol–water partition coefficient (Wildman–Crippen LogP) is 2.80. The van der Waals surface area contributed by atoms with Gasteiger partial charge < -0.3 is 15.6 Å². The van der Waals surface area contributed by atoms with Crippen molar-refractivity contribution in [3.8, 4) is 16.9 Å². The number of likely N-dealkylation sites (N-methyl/N-ethyl adjacent to an activating group) is 1. The maximum atomic E-state index is 13.2. The van der Waals surface area contributed by atoms with Crippen molar-refractivity contribution in [3.63, 3.8) is 0 Å². The first-order chi connectivity index (χ1) is 15.6. The molecule has 0 atom stereocenters. The third-order valence-electron chi connectivity index (χ3n) is 5.29. The van der Waals surface area contributed by atoms with Crippen LogP contribution in [-0.2, 0) is 12.8 Å². The molecule has 0 radical (unpaired) electrons. The van der Waals surface area contributed by atoms with Crippen LogP contribution in [0.4, 0.5) is 5.82 Å². The van der Waals surface area contributed by atoms with Gasteiger partial charge in [0, 0.05) is 42.3 Å². The van der Waals surface area contributed by atoms with Crippen molar-refractivity contribution in [2.24, 2.45) is 0 Å². The van der Waals surface area contributed by atoms with Crippen LogP contribution < -0.4 is 11.1 Å². The molecule has 4 rings (SSSR count). The Hall–Kier alpha value is -3.91. The largest absolute Gasteiger partial charge is 0.382 e. The first kappa shape index (κ1) is 21.3. The number of nitrogens with zero attached hydrogens (tertiary/aromatic N) is 5. The second-order valence-electron chi connectivity index (χ2n) is 7.49. The fourth-order valence-corrected chi connectivity index (χ4v) is 3.53. The second-order valence-corrected chi connectivity index (χ2v) is 7.49. The van der Waals surface area contributed by atoms with Gasteiger partial charge in [-0.2, -0.15) is 0 Å². The van der Waals surface area contributed by atoms with Crippen LogP contribution in [0.3, 0.4) is 0 Å². The average molecular weight is 428 g/mol. The first-order valence-corrected chi connectivity index (χ1v) is 10.4. The average Bonchev–Trinajstić information content (AvgIpc) is 3.24. The summed E-state index contributed by atoms with van der Waals surface area (Å²) in [5.41, 5.74) is 10.5. The molecule has 0 fully saturated rings. The van der Waals surface area contributed by atoms with E-state index >= 15 is 0 Å². The lowest BCUT2D eigenvalue weighted by molar-refractivity contribution is 0.0989. The van der Waals surface area contributed by atoms with Crippen molar-refractivity contribution >= 4 is 11.6 Å². The summed E-state index contributed by atoms with van der Waals surface area (Å²) in [5, 5.41) is 3.14. The summed E-state index contributed by atoms with van der Waals surface area (Å²) >= 11 is 0. The molecule has 3 N–H and O–H groups in total. The molecule has 0 aliphatic heterocycles. The lowest BCUT2D eigenvalue weighted by atomic mass is 10.1. The van der Waals surface area contributed by atoms with Crippen LogP contribution in [0.1, 0.15) is 27.4 Å². The highest BCUT2D eigenvalue weighted by Crippen LogP contribution is 2.22. The van der Waals surface area contributed by atoms with E-state index < -0.39 is 0 Å². The van der Waals surface area contributed by atoms with Crippen LogP contribution in [-0.4, -0.2) is 43.9 Å². The molecule has 0 saturated carbocycles. The highest BCUT2D eigenvalue weighted by Gasteiger charge is 2.18. The molecule has 0 saturated heterocycles. The molecular weight excluding hydrogens is 402 g/mol. The van der Waals surface area contributed by atoms with Crippen LogP contribution in [0.25, 0.3) is 16.9 Å². The lowest BCUT2D eigenvalue weighted by Crippen LogP contribution is -2.13. The van der Waals surface area contributed by atoms with Crippen molar-refractivity contribution in [3.05, 3.63) is 84.0 Å². The van der Waals surface area contributed by atoms with E-state index in [9.17, 15) is 4.79 Å². The predicted molar refractivity (Wildman–Crippen MR) is 124 cm³/mol. The van der Waals surface area contributed by atoms with E-state index in [1.54, 1.807) is 24.8 Å². The number of imidazole rings is 1. The van der Waals surface area contributed by atoms with Gasteiger partial charge in [-0.15, -0.1) is 0 Å². The number of benzene rings is 1. The van der Waals surface area contributed by atoms with Gasteiger partial charge >= 0.3 is 0 Å². The number of hydrogen-bond donors (Lipinski definition) is 2. The Morgan fingerprint density at radius 2 is 1.91 bits per heavy atom. The van der Waals surface area contributed by atoms with Crippen LogP contribution >= 0.6 is 0 Å². The Morgan fingerprint density at radius 1 is 1.09 bits per heavy atom. The number of aryl methyl sites for hydroxylation is 1. The highest BCUT2D eigenvalue weighted by atomic mass is 16.1. The number of anilines is 1. The number of nitrogens with one attached hydrogen (secondary N) is 1. The zero-order valence-corrected chi connectivity index (χ0v) is 18.1. The number of pyridine rings is 1. The summed E-state index contributed by atoms with van der Waals surface area (Å²) in [6, 6.07) is 9.95. The Bertz CT molecular complexity index is 1230. The summed E-state index contributed by atoms with van der Waals surface area (Å²) in [6.45, 7) is 2.82. The van der Waals surface area contributed by atoms with Crippen LogP contribution in [0.2, 0.25) is 0 Å². The Kier molecular flexibility index (Phi) is 6.32. The number of carbonyl (C=O) groups is 1. The zero-order chi connectivity index (χ0) is 22.5. The van der Waals surface area contributed by atoms with E-state index in [1.807, 2.05) is 42.9 Å². The van der Waals surface area contributed by atoms with E-state index in [1.165, 1.54) is 5.56 Å². The van der Waals surface area contributed by atoms with Gasteiger partial charge in [0.05, 0.1) is 17.6 Å². The summed E-state index contributed by atoms with van der Waals surface area (Å²) in [6.07, 6.45) is 9.59. The maximum Gasteiger partial charge on any atom is 0.189 e. The standard InChI is InChI=1S/C24H25N7O/c1-16-28-11-12-31(16)21-8-10-27-14-19(21)13-22(32)23-24(25)29-15-20(30-23)18-5-3-17(4-6-18)7-9-26-2/h3-6,8,10-12,14-15,26H,7,9,13H2,1-2H3,(H2,25,29). The van der Waals surface area contributed by atoms with Gasteiger partial charge in [0.25, 0.3) is 0 Å². The fraction of sp³-hybridized carbons (Fsp3) is 0.208. The fourth-order valence-electron chi connectivity index (χ4n) is 3.53. The first-order valence-electron chi connectivity index (χ1n) is 10.4. The quantitative estimate of drug-likeness (QED) is 0.416. The molecule has 4 aromatic rings. The topological polar surface area (TPSA) is 112 Å². The molecule has 3 heterocycles. The maximum absolute atomic E-state index is 13.2. The van der Waals surface area contributed by atoms with Crippen molar-refractivity contribution in [1.82, 2.24) is 29.8 Å². The lowest BCUT2D eigenvalue weighted by Gasteiger charge is -2.12. The number of carbonyl (C=O) groups excluding carboxylic acids is 1. The minimum absolute atomic E-state index is 0.103. The van der Waals surface area contributed by atoms with E-state index in [0.717, 1.165) is 35.6 Å². The van der Waals surface area contributed by atoms with Gasteiger partial charge in [-0.3, -0.25) is 9.78 Å². The zero-order valence-electron chi connectivity index (χ0n) is 18.1. The third-order valence-corrected chi connectivity index (χ3v) is 5.29. The molecule has 1 aromatic carbocycles. The minimum atomic E-state index is -0.213. The van der Waals surface area contributed by atoms with Crippen LogP contribution in [0.15, 0.2) is 61.3 Å². The van der Waals surface area contributed by atoms with Gasteiger partial charge in [-0.25, -0.2) is 15.0 Å². The molecule has 162 valence electrons. The van der Waals surface area contributed by atoms with Crippen LogP contribution in [0, 0.1) is 6.92 Å². The van der Waals surface area contributed by atoms with Crippen LogP contribution in [0.5, 0.6) is 0 Å². The Balaban J connectivity index is 1.60. The monoisotopic (exact) mass is 427 g/mol. The molecule has 0 aliphatic rings. The van der Waals surface area contributed by atoms with Gasteiger partial charge in [-0.05, 0) is 38.6 Å². The van der Waals surface area contributed by atoms with Crippen molar-refractivity contribution in [2.75, 3.05) is 19.3 Å². The van der Waals surface area contributed by atoms with E-state index in [0.29, 0.717) is 5.69 Å². The van der Waals surface area contributed by atoms with Crippen molar-refractivity contribution in [1.29, 1.82) is 0 Å². The van der Waals surface area contributed by atoms with E-state index in [-0.39, 0.29) is 23.7 Å². The number of nitrogens with two attached hydrogens (primary N) is 1. The molecule has 0 bridgehead atoms. The number of hydrogen-bond acceptors (Lipinski definition) is 7. The highest BCUT2D eigenvalue weighted by molar-refractivity contribution is 6.00. The number of rotatable bonds is 8.